The summed E-state index contributed by atoms with van der Waals surface area (Å²) in [5.41, 5.74) is 2.00. The molecule has 1 aromatic heterocycles. The SMILES string of the molecule is O=C1C(Cl)=C(Nc2ccccc2)C(=O)N1Cc1cn(-c2ccc(Br)cc2)nn1. The molecular weight excluding hydrogens is 446 g/mol. The molecule has 0 unspecified atom stereocenters. The Morgan fingerprint density at radius 3 is 2.43 bits per heavy atom. The lowest BCUT2D eigenvalue weighted by molar-refractivity contribution is -0.138. The monoisotopic (exact) mass is 457 g/mol. The predicted molar refractivity (Wildman–Crippen MR) is 108 cm³/mol. The van der Waals surface area contributed by atoms with Gasteiger partial charge in [-0.3, -0.25) is 14.5 Å². The van der Waals surface area contributed by atoms with Gasteiger partial charge in [-0.1, -0.05) is 50.9 Å². The predicted octanol–water partition coefficient (Wildman–Crippen LogP) is 3.46. The first kappa shape index (κ1) is 18.4. The third kappa shape index (κ3) is 3.56. The second-order valence-corrected chi connectivity index (χ2v) is 7.30. The molecule has 0 spiro atoms. The van der Waals surface area contributed by atoms with Crippen molar-refractivity contribution in [1.82, 2.24) is 19.9 Å². The first-order valence-electron chi connectivity index (χ1n) is 8.28. The standard InChI is InChI=1S/C19H13BrClN5O2/c20-12-6-8-15(9-7-12)26-11-14(23-24-26)10-25-18(27)16(21)17(19(25)28)22-13-4-2-1-3-5-13/h1-9,11,22H,10H2. The van der Waals surface area contributed by atoms with Crippen LogP contribution in [0.4, 0.5) is 5.69 Å². The van der Waals surface area contributed by atoms with Crippen LogP contribution in [0.1, 0.15) is 5.69 Å². The van der Waals surface area contributed by atoms with Gasteiger partial charge in [-0.15, -0.1) is 5.10 Å². The minimum Gasteiger partial charge on any atom is -0.350 e. The van der Waals surface area contributed by atoms with Crippen LogP contribution >= 0.6 is 27.5 Å². The van der Waals surface area contributed by atoms with Gasteiger partial charge < -0.3 is 5.32 Å². The van der Waals surface area contributed by atoms with E-state index in [-0.39, 0.29) is 17.3 Å². The van der Waals surface area contributed by atoms with Crippen LogP contribution in [0.3, 0.4) is 0 Å². The summed E-state index contributed by atoms with van der Waals surface area (Å²) in [5.74, 6) is -1.07. The van der Waals surface area contributed by atoms with Crippen molar-refractivity contribution in [2.45, 2.75) is 6.54 Å². The van der Waals surface area contributed by atoms with E-state index in [0.29, 0.717) is 11.4 Å². The quantitative estimate of drug-likeness (QED) is 0.592. The molecule has 0 fully saturated rings. The maximum absolute atomic E-state index is 12.7. The number of aromatic nitrogens is 3. The smallest absolute Gasteiger partial charge is 0.279 e. The highest BCUT2D eigenvalue weighted by Crippen LogP contribution is 2.26. The fourth-order valence-corrected chi connectivity index (χ4v) is 3.21. The first-order chi connectivity index (χ1) is 13.5. The molecule has 7 nitrogen and oxygen atoms in total. The molecule has 0 saturated heterocycles. The van der Waals surface area contributed by atoms with Gasteiger partial charge in [0.2, 0.25) is 0 Å². The van der Waals surface area contributed by atoms with Crippen molar-refractivity contribution in [3.63, 3.8) is 0 Å². The minimum atomic E-state index is -0.566. The number of nitrogens with zero attached hydrogens (tertiary/aromatic N) is 4. The minimum absolute atomic E-state index is 0.0234. The lowest BCUT2D eigenvalue weighted by Gasteiger charge is -2.13. The molecule has 2 amide bonds. The lowest BCUT2D eigenvalue weighted by Crippen LogP contribution is -2.32. The van der Waals surface area contributed by atoms with Gasteiger partial charge >= 0.3 is 0 Å². The van der Waals surface area contributed by atoms with E-state index in [9.17, 15) is 9.59 Å². The zero-order chi connectivity index (χ0) is 19.7. The average molecular weight is 459 g/mol. The first-order valence-corrected chi connectivity index (χ1v) is 9.45. The van der Waals surface area contributed by atoms with Crippen molar-refractivity contribution >= 4 is 45.0 Å². The largest absolute Gasteiger partial charge is 0.350 e. The molecule has 28 heavy (non-hydrogen) atoms. The molecule has 0 aliphatic carbocycles. The summed E-state index contributed by atoms with van der Waals surface area (Å²) in [5, 5.41) is 10.9. The summed E-state index contributed by atoms with van der Waals surface area (Å²) in [6, 6.07) is 16.5. The van der Waals surface area contributed by atoms with Crippen LogP contribution in [0.2, 0.25) is 0 Å². The molecule has 4 rings (SSSR count). The van der Waals surface area contributed by atoms with Crippen LogP contribution < -0.4 is 5.32 Å². The molecular formula is C19H13BrClN5O2. The Kier molecular flexibility index (Phi) is 4.97. The van der Waals surface area contributed by atoms with Crippen LogP contribution in [-0.4, -0.2) is 31.7 Å². The van der Waals surface area contributed by atoms with E-state index in [0.717, 1.165) is 15.1 Å². The Morgan fingerprint density at radius 2 is 1.71 bits per heavy atom. The Hall–Kier alpha value is -2.97. The lowest BCUT2D eigenvalue weighted by atomic mass is 10.3. The molecule has 1 aliphatic rings. The van der Waals surface area contributed by atoms with Crippen LogP contribution in [0, 0.1) is 0 Å². The molecule has 0 bridgehead atoms. The third-order valence-corrected chi connectivity index (χ3v) is 4.99. The van der Waals surface area contributed by atoms with Crippen molar-refractivity contribution in [2.24, 2.45) is 0 Å². The molecule has 2 aromatic carbocycles. The van der Waals surface area contributed by atoms with Crippen LogP contribution in [-0.2, 0) is 16.1 Å². The zero-order valence-corrected chi connectivity index (χ0v) is 16.7. The van der Waals surface area contributed by atoms with Gasteiger partial charge in [-0.25, -0.2) is 4.68 Å². The van der Waals surface area contributed by atoms with E-state index in [1.807, 2.05) is 42.5 Å². The van der Waals surface area contributed by atoms with Gasteiger partial charge in [-0.2, -0.15) is 0 Å². The van der Waals surface area contributed by atoms with Gasteiger partial charge in [0.25, 0.3) is 11.8 Å². The summed E-state index contributed by atoms with van der Waals surface area (Å²) >= 11 is 9.49. The summed E-state index contributed by atoms with van der Waals surface area (Å²) in [4.78, 5) is 26.2. The van der Waals surface area contributed by atoms with Crippen LogP contribution in [0.25, 0.3) is 5.69 Å². The Balaban J connectivity index is 1.51. The summed E-state index contributed by atoms with van der Waals surface area (Å²) in [6.07, 6.45) is 1.67. The summed E-state index contributed by atoms with van der Waals surface area (Å²) in [6.45, 7) is -0.0234. The number of amides is 2. The van der Waals surface area contributed by atoms with Gasteiger partial charge in [-0.05, 0) is 36.4 Å². The fourth-order valence-electron chi connectivity index (χ4n) is 2.72. The van der Waals surface area contributed by atoms with Gasteiger partial charge in [0.1, 0.15) is 16.4 Å². The molecule has 9 heteroatoms. The number of anilines is 1. The van der Waals surface area contributed by atoms with Gasteiger partial charge in [0.05, 0.1) is 18.4 Å². The van der Waals surface area contributed by atoms with Crippen molar-refractivity contribution < 1.29 is 9.59 Å². The molecule has 0 radical (unpaired) electrons. The Bertz CT molecular complexity index is 1080. The van der Waals surface area contributed by atoms with Crippen molar-refractivity contribution in [1.29, 1.82) is 0 Å². The number of hydrogen-bond acceptors (Lipinski definition) is 5. The number of nitrogens with one attached hydrogen (secondary N) is 1. The van der Waals surface area contributed by atoms with E-state index in [1.54, 1.807) is 23.0 Å². The number of carbonyl (C=O) groups excluding carboxylic acids is 2. The maximum atomic E-state index is 12.7. The topological polar surface area (TPSA) is 80.1 Å². The number of halogens is 2. The second-order valence-electron chi connectivity index (χ2n) is 6.01. The van der Waals surface area contributed by atoms with E-state index in [2.05, 4.69) is 31.6 Å². The molecule has 140 valence electrons. The molecule has 3 aromatic rings. The number of hydrogen-bond donors (Lipinski definition) is 1. The highest BCUT2D eigenvalue weighted by Gasteiger charge is 2.38. The number of rotatable bonds is 5. The summed E-state index contributed by atoms with van der Waals surface area (Å²) in [7, 11) is 0. The van der Waals surface area contributed by atoms with Crippen LogP contribution in [0.15, 0.2) is 76.0 Å². The Morgan fingerprint density at radius 1 is 1.00 bits per heavy atom. The second kappa shape index (κ2) is 7.57. The molecule has 0 saturated carbocycles. The molecule has 0 atom stereocenters. The molecule has 1 aliphatic heterocycles. The van der Waals surface area contributed by atoms with Crippen LogP contribution in [0.5, 0.6) is 0 Å². The summed E-state index contributed by atoms with van der Waals surface area (Å²) < 4.78 is 2.52. The van der Waals surface area contributed by atoms with Crippen molar-refractivity contribution in [2.75, 3.05) is 5.32 Å². The van der Waals surface area contributed by atoms with Crippen molar-refractivity contribution in [3.8, 4) is 5.69 Å². The van der Waals surface area contributed by atoms with E-state index in [1.165, 1.54) is 0 Å². The van der Waals surface area contributed by atoms with Crippen molar-refractivity contribution in [3.05, 3.63) is 81.7 Å². The number of benzene rings is 2. The number of para-hydroxylation sites is 1. The fraction of sp³-hybridized carbons (Fsp3) is 0.0526. The van der Waals surface area contributed by atoms with E-state index >= 15 is 0 Å². The zero-order valence-electron chi connectivity index (χ0n) is 14.3. The normalized spacial score (nSPS) is 14.1. The van der Waals surface area contributed by atoms with E-state index < -0.39 is 11.8 Å². The van der Waals surface area contributed by atoms with Gasteiger partial charge in [0.15, 0.2) is 0 Å². The number of carbonyl (C=O) groups is 2. The average Bonchev–Trinajstić information content (AvgIpc) is 3.25. The highest BCUT2D eigenvalue weighted by atomic mass is 79.9. The molecule has 2 heterocycles. The van der Waals surface area contributed by atoms with Gasteiger partial charge in [0, 0.05) is 10.2 Å². The third-order valence-electron chi connectivity index (χ3n) is 4.11. The maximum Gasteiger partial charge on any atom is 0.279 e. The Labute approximate surface area is 173 Å². The van der Waals surface area contributed by atoms with E-state index in [4.69, 9.17) is 11.6 Å². The molecule has 1 N–H and O–H groups in total. The highest BCUT2D eigenvalue weighted by molar-refractivity contribution is 9.10. The number of imide groups is 1.